The Morgan fingerprint density at radius 2 is 2.08 bits per heavy atom. The molecule has 24 heavy (non-hydrogen) atoms. The molecule has 1 unspecified atom stereocenters. The minimum Gasteiger partial charge on any atom is -0.352 e. The fourth-order valence-corrected chi connectivity index (χ4v) is 3.31. The predicted octanol–water partition coefficient (Wildman–Crippen LogP) is 2.91. The maximum Gasteiger partial charge on any atom is 0.314 e. The SMILES string of the molecule is O=C(NCC1CCN(CCNC(F)(F)P)CC1)c1cccc(Br)c1. The average molecular weight is 422 g/mol. The maximum absolute atomic E-state index is 12.7. The lowest BCUT2D eigenvalue weighted by Crippen LogP contribution is -2.43. The van der Waals surface area contributed by atoms with Crippen LogP contribution in [-0.4, -0.2) is 49.3 Å². The van der Waals surface area contributed by atoms with Crippen LogP contribution in [0, 0.1) is 5.92 Å². The van der Waals surface area contributed by atoms with Gasteiger partial charge in [-0.2, -0.15) is 8.78 Å². The Morgan fingerprint density at radius 3 is 2.71 bits per heavy atom. The first-order valence-corrected chi connectivity index (χ1v) is 9.38. The van der Waals surface area contributed by atoms with E-state index in [1.807, 2.05) is 12.1 Å². The number of likely N-dealkylation sites (tertiary alicyclic amines) is 1. The van der Waals surface area contributed by atoms with E-state index >= 15 is 0 Å². The van der Waals surface area contributed by atoms with E-state index in [-0.39, 0.29) is 12.5 Å². The summed E-state index contributed by atoms with van der Waals surface area (Å²) in [4.78, 5) is 14.3. The number of hydrogen-bond donors (Lipinski definition) is 2. The molecule has 1 aliphatic rings. The van der Waals surface area contributed by atoms with Crippen LogP contribution in [0.1, 0.15) is 23.2 Å². The highest BCUT2D eigenvalue weighted by Crippen LogP contribution is 2.18. The highest BCUT2D eigenvalue weighted by molar-refractivity contribution is 9.10. The lowest BCUT2D eigenvalue weighted by Gasteiger charge is -2.32. The summed E-state index contributed by atoms with van der Waals surface area (Å²) in [5.41, 5.74) is 0.645. The average Bonchev–Trinajstić information content (AvgIpc) is 2.52. The van der Waals surface area contributed by atoms with Crippen LogP contribution in [0.3, 0.4) is 0 Å². The monoisotopic (exact) mass is 421 g/mol. The smallest absolute Gasteiger partial charge is 0.314 e. The van der Waals surface area contributed by atoms with E-state index in [1.54, 1.807) is 12.1 Å². The summed E-state index contributed by atoms with van der Waals surface area (Å²) in [5, 5.41) is 5.15. The summed E-state index contributed by atoms with van der Waals surface area (Å²) in [6.45, 7) is 3.28. The molecule has 1 heterocycles. The zero-order chi connectivity index (χ0) is 17.6. The molecule has 0 aromatic heterocycles. The largest absolute Gasteiger partial charge is 0.352 e. The quantitative estimate of drug-likeness (QED) is 0.525. The van der Waals surface area contributed by atoms with Crippen LogP contribution in [0.15, 0.2) is 28.7 Å². The van der Waals surface area contributed by atoms with Gasteiger partial charge >= 0.3 is 5.79 Å². The van der Waals surface area contributed by atoms with Gasteiger partial charge in [-0.3, -0.25) is 10.1 Å². The van der Waals surface area contributed by atoms with Crippen molar-refractivity contribution in [3.05, 3.63) is 34.3 Å². The molecule has 0 spiro atoms. The van der Waals surface area contributed by atoms with Crippen molar-refractivity contribution < 1.29 is 13.6 Å². The third kappa shape index (κ3) is 7.09. The molecule has 1 aliphatic heterocycles. The maximum atomic E-state index is 12.7. The van der Waals surface area contributed by atoms with E-state index < -0.39 is 5.79 Å². The fraction of sp³-hybridized carbons (Fsp3) is 0.562. The number of carbonyl (C=O) groups is 1. The molecule has 0 bridgehead atoms. The molecule has 2 rings (SSSR count). The Kier molecular flexibility index (Phi) is 7.54. The number of alkyl halides is 2. The first kappa shape index (κ1) is 19.7. The first-order valence-electron chi connectivity index (χ1n) is 8.01. The van der Waals surface area contributed by atoms with Gasteiger partial charge in [0.25, 0.3) is 5.91 Å². The number of nitrogens with one attached hydrogen (secondary N) is 2. The highest BCUT2D eigenvalue weighted by Gasteiger charge is 2.22. The van der Waals surface area contributed by atoms with Crippen molar-refractivity contribution in [3.63, 3.8) is 0 Å². The Hall–Kier alpha value is -0.620. The molecule has 0 radical (unpaired) electrons. The van der Waals surface area contributed by atoms with Gasteiger partial charge in [-0.1, -0.05) is 22.0 Å². The normalized spacial score (nSPS) is 17.0. The molecule has 0 saturated carbocycles. The summed E-state index contributed by atoms with van der Waals surface area (Å²) in [5.74, 6) is -2.52. The van der Waals surface area contributed by atoms with Crippen LogP contribution >= 0.6 is 25.2 Å². The molecule has 134 valence electrons. The standard InChI is InChI=1S/C16H23BrF2N3OP/c17-14-3-1-2-13(10-14)15(23)20-11-12-4-7-22(8-5-12)9-6-21-16(18,19)24/h1-3,10,12,21H,4-9,11,24H2,(H,20,23). The lowest BCUT2D eigenvalue weighted by molar-refractivity contribution is 0.0597. The van der Waals surface area contributed by atoms with Gasteiger partial charge in [-0.05, 0) is 59.3 Å². The van der Waals surface area contributed by atoms with E-state index in [1.165, 1.54) is 9.24 Å². The molecule has 8 heteroatoms. The number of nitrogens with zero attached hydrogens (tertiary/aromatic N) is 1. The number of piperidine rings is 1. The van der Waals surface area contributed by atoms with E-state index in [0.29, 0.717) is 24.6 Å². The van der Waals surface area contributed by atoms with Crippen molar-refractivity contribution in [2.75, 3.05) is 32.7 Å². The Bertz CT molecular complexity index is 548. The van der Waals surface area contributed by atoms with Gasteiger partial charge in [0.05, 0.1) is 0 Å². The van der Waals surface area contributed by atoms with Crippen LogP contribution in [-0.2, 0) is 0 Å². The van der Waals surface area contributed by atoms with Crippen molar-refractivity contribution >= 4 is 31.1 Å². The van der Waals surface area contributed by atoms with Gasteiger partial charge in [0.2, 0.25) is 0 Å². The summed E-state index contributed by atoms with van der Waals surface area (Å²) in [7, 11) is 1.49. The van der Waals surface area contributed by atoms with Crippen molar-refractivity contribution in [1.29, 1.82) is 0 Å². The topological polar surface area (TPSA) is 44.4 Å². The zero-order valence-corrected chi connectivity index (χ0v) is 16.1. The third-order valence-electron chi connectivity index (χ3n) is 4.13. The summed E-state index contributed by atoms with van der Waals surface area (Å²) in [6.07, 6.45) is 1.94. The number of halogens is 3. The Labute approximate surface area is 152 Å². The van der Waals surface area contributed by atoms with Crippen LogP contribution < -0.4 is 10.6 Å². The molecule has 1 atom stereocenters. The summed E-state index contributed by atoms with van der Waals surface area (Å²) in [6, 6.07) is 7.31. The van der Waals surface area contributed by atoms with Crippen LogP contribution in [0.5, 0.6) is 0 Å². The van der Waals surface area contributed by atoms with Gasteiger partial charge in [0, 0.05) is 29.7 Å². The van der Waals surface area contributed by atoms with Gasteiger partial charge in [0.1, 0.15) is 0 Å². The first-order chi connectivity index (χ1) is 11.3. The Morgan fingerprint density at radius 1 is 1.38 bits per heavy atom. The molecular weight excluding hydrogens is 399 g/mol. The van der Waals surface area contributed by atoms with Crippen LogP contribution in [0.4, 0.5) is 8.78 Å². The van der Waals surface area contributed by atoms with E-state index in [4.69, 9.17) is 0 Å². The number of amides is 1. The minimum absolute atomic E-state index is 0.0643. The Balaban J connectivity index is 1.65. The third-order valence-corrected chi connectivity index (χ3v) is 4.83. The second kappa shape index (κ2) is 9.18. The second-order valence-electron chi connectivity index (χ2n) is 6.06. The van der Waals surface area contributed by atoms with Crippen molar-refractivity contribution in [3.8, 4) is 0 Å². The number of rotatable bonds is 7. The van der Waals surface area contributed by atoms with Gasteiger partial charge in [-0.25, -0.2) is 0 Å². The molecule has 0 aliphatic carbocycles. The van der Waals surface area contributed by atoms with Crippen LogP contribution in [0.25, 0.3) is 0 Å². The molecule has 1 aromatic carbocycles. The fourth-order valence-electron chi connectivity index (χ4n) is 2.76. The van der Waals surface area contributed by atoms with Crippen molar-refractivity contribution in [2.45, 2.75) is 18.6 Å². The molecule has 1 amide bonds. The van der Waals surface area contributed by atoms with Crippen molar-refractivity contribution in [1.82, 2.24) is 15.5 Å². The minimum atomic E-state index is -2.89. The van der Waals surface area contributed by atoms with Crippen molar-refractivity contribution in [2.24, 2.45) is 5.92 Å². The van der Waals surface area contributed by atoms with Gasteiger partial charge < -0.3 is 10.2 Å². The zero-order valence-electron chi connectivity index (χ0n) is 13.4. The molecular formula is C16H23BrF2N3OP. The second-order valence-corrected chi connectivity index (χ2v) is 7.70. The summed E-state index contributed by atoms with van der Waals surface area (Å²) >= 11 is 3.36. The number of carbonyl (C=O) groups excluding carboxylic acids is 1. The van der Waals surface area contributed by atoms with E-state index in [0.717, 1.165) is 30.4 Å². The predicted molar refractivity (Wildman–Crippen MR) is 98.3 cm³/mol. The molecule has 1 aromatic rings. The highest BCUT2D eigenvalue weighted by atomic mass is 79.9. The van der Waals surface area contributed by atoms with Gasteiger partial charge in [0.15, 0.2) is 0 Å². The van der Waals surface area contributed by atoms with Gasteiger partial charge in [-0.15, -0.1) is 0 Å². The molecule has 2 N–H and O–H groups in total. The number of hydrogen-bond acceptors (Lipinski definition) is 3. The van der Waals surface area contributed by atoms with E-state index in [9.17, 15) is 13.6 Å². The summed E-state index contributed by atoms with van der Waals surface area (Å²) < 4.78 is 26.2. The number of benzene rings is 1. The lowest BCUT2D eigenvalue weighted by atomic mass is 9.96. The molecule has 1 saturated heterocycles. The van der Waals surface area contributed by atoms with E-state index in [2.05, 4.69) is 31.5 Å². The molecule has 4 nitrogen and oxygen atoms in total. The molecule has 1 fully saturated rings. The van der Waals surface area contributed by atoms with Crippen LogP contribution in [0.2, 0.25) is 0 Å².